The van der Waals surface area contributed by atoms with Gasteiger partial charge in [0.1, 0.15) is 0 Å². The van der Waals surface area contributed by atoms with Gasteiger partial charge < -0.3 is 4.90 Å². The molecular weight excluding hydrogens is 294 g/mol. The summed E-state index contributed by atoms with van der Waals surface area (Å²) in [5.74, 6) is 2.06. The molecule has 0 atom stereocenters. The minimum atomic E-state index is 0.348. The molecule has 0 aliphatic heterocycles. The Kier molecular flexibility index (Phi) is 7.54. The summed E-state index contributed by atoms with van der Waals surface area (Å²) in [6.45, 7) is 4.52. The first kappa shape index (κ1) is 17.1. The molecule has 0 N–H and O–H groups in total. The third-order valence-corrected chi connectivity index (χ3v) is 6.42. The monoisotopic (exact) mass is 319 g/mol. The molecule has 0 unspecified atom stereocenters. The SMILES string of the molecule is CCCC(CS)(CCC)CSc1nnc(N(C)C)s1. The Balaban J connectivity index is 2.63. The molecule has 0 saturated heterocycles. The van der Waals surface area contributed by atoms with Gasteiger partial charge in [0.25, 0.3) is 0 Å². The van der Waals surface area contributed by atoms with E-state index in [9.17, 15) is 0 Å². The molecule has 0 spiro atoms. The molecule has 0 aliphatic carbocycles. The van der Waals surface area contributed by atoms with Gasteiger partial charge in [0, 0.05) is 19.8 Å². The average molecular weight is 320 g/mol. The summed E-state index contributed by atoms with van der Waals surface area (Å²) in [5, 5.41) is 9.43. The van der Waals surface area contributed by atoms with Crippen molar-refractivity contribution in [1.82, 2.24) is 10.2 Å². The van der Waals surface area contributed by atoms with Gasteiger partial charge in [-0.3, -0.25) is 0 Å². The average Bonchev–Trinajstić information content (AvgIpc) is 2.85. The van der Waals surface area contributed by atoms with E-state index in [4.69, 9.17) is 0 Å². The Morgan fingerprint density at radius 2 is 1.84 bits per heavy atom. The normalized spacial score (nSPS) is 11.8. The second kappa shape index (κ2) is 8.37. The Morgan fingerprint density at radius 1 is 1.21 bits per heavy atom. The summed E-state index contributed by atoms with van der Waals surface area (Å²) in [5.41, 5.74) is 0.348. The maximum Gasteiger partial charge on any atom is 0.208 e. The molecule has 0 radical (unpaired) electrons. The fourth-order valence-corrected chi connectivity index (χ4v) is 4.83. The van der Waals surface area contributed by atoms with Gasteiger partial charge in [-0.05, 0) is 24.0 Å². The highest BCUT2D eigenvalue weighted by molar-refractivity contribution is 8.01. The van der Waals surface area contributed by atoms with Gasteiger partial charge in [-0.1, -0.05) is 49.8 Å². The van der Waals surface area contributed by atoms with Gasteiger partial charge in [-0.25, -0.2) is 0 Å². The molecule has 110 valence electrons. The molecule has 1 heterocycles. The Hall–Kier alpha value is 0.0600. The molecule has 6 heteroatoms. The van der Waals surface area contributed by atoms with Gasteiger partial charge >= 0.3 is 0 Å². The lowest BCUT2D eigenvalue weighted by Gasteiger charge is -2.31. The third kappa shape index (κ3) is 5.16. The zero-order valence-electron chi connectivity index (χ0n) is 12.3. The second-order valence-corrected chi connectivity index (χ2v) is 7.69. The summed E-state index contributed by atoms with van der Waals surface area (Å²) in [6, 6.07) is 0. The van der Waals surface area contributed by atoms with Crippen molar-refractivity contribution in [3.8, 4) is 0 Å². The van der Waals surface area contributed by atoms with Crippen molar-refractivity contribution in [1.29, 1.82) is 0 Å². The molecule has 1 rings (SSSR count). The van der Waals surface area contributed by atoms with Crippen molar-refractivity contribution >= 4 is 40.9 Å². The van der Waals surface area contributed by atoms with E-state index in [1.165, 1.54) is 25.7 Å². The lowest BCUT2D eigenvalue weighted by atomic mass is 9.83. The van der Waals surface area contributed by atoms with Crippen LogP contribution in [0.5, 0.6) is 0 Å². The first-order valence-corrected chi connectivity index (χ1v) is 9.25. The highest BCUT2D eigenvalue weighted by Crippen LogP contribution is 2.38. The molecule has 0 fully saturated rings. The predicted octanol–water partition coefficient (Wildman–Crippen LogP) is 4.21. The van der Waals surface area contributed by atoms with E-state index in [2.05, 4.69) is 36.7 Å². The summed E-state index contributed by atoms with van der Waals surface area (Å²) in [4.78, 5) is 2.01. The largest absolute Gasteiger partial charge is 0.353 e. The van der Waals surface area contributed by atoms with Crippen LogP contribution in [0, 0.1) is 5.41 Å². The lowest BCUT2D eigenvalue weighted by molar-refractivity contribution is 0.318. The zero-order valence-corrected chi connectivity index (χ0v) is 14.9. The van der Waals surface area contributed by atoms with Crippen LogP contribution in [-0.4, -0.2) is 35.8 Å². The van der Waals surface area contributed by atoms with Crippen LogP contribution in [0.25, 0.3) is 0 Å². The third-order valence-electron chi connectivity index (χ3n) is 3.18. The quantitative estimate of drug-likeness (QED) is 0.545. The summed E-state index contributed by atoms with van der Waals surface area (Å²) in [7, 11) is 4.00. The van der Waals surface area contributed by atoms with E-state index in [0.717, 1.165) is 21.0 Å². The van der Waals surface area contributed by atoms with Gasteiger partial charge in [0.15, 0.2) is 4.34 Å². The summed E-state index contributed by atoms with van der Waals surface area (Å²) >= 11 is 8.11. The number of aromatic nitrogens is 2. The molecule has 1 aromatic rings. The van der Waals surface area contributed by atoms with E-state index in [0.29, 0.717) is 5.41 Å². The number of nitrogens with zero attached hydrogens (tertiary/aromatic N) is 3. The second-order valence-electron chi connectivity index (χ2n) is 5.19. The van der Waals surface area contributed by atoms with Crippen molar-refractivity contribution in [2.45, 2.75) is 43.9 Å². The van der Waals surface area contributed by atoms with Crippen LogP contribution in [0.2, 0.25) is 0 Å². The fraction of sp³-hybridized carbons (Fsp3) is 0.846. The van der Waals surface area contributed by atoms with E-state index >= 15 is 0 Å². The molecule has 1 aromatic heterocycles. The number of anilines is 1. The highest BCUT2D eigenvalue weighted by atomic mass is 32.2. The Morgan fingerprint density at radius 3 is 2.26 bits per heavy atom. The van der Waals surface area contributed by atoms with E-state index in [-0.39, 0.29) is 0 Å². The first-order chi connectivity index (χ1) is 9.06. The van der Waals surface area contributed by atoms with Crippen LogP contribution >= 0.6 is 35.7 Å². The molecule has 0 amide bonds. The molecule has 0 aliphatic rings. The van der Waals surface area contributed by atoms with Crippen LogP contribution in [-0.2, 0) is 0 Å². The highest BCUT2D eigenvalue weighted by Gasteiger charge is 2.27. The molecular formula is C13H25N3S3. The van der Waals surface area contributed by atoms with Crippen LogP contribution in [0.3, 0.4) is 0 Å². The maximum atomic E-state index is 4.60. The minimum absolute atomic E-state index is 0.348. The molecule has 0 saturated carbocycles. The summed E-state index contributed by atoms with van der Waals surface area (Å²) in [6.07, 6.45) is 4.94. The Bertz CT molecular complexity index is 360. The van der Waals surface area contributed by atoms with Gasteiger partial charge in [0.2, 0.25) is 5.13 Å². The zero-order chi connectivity index (χ0) is 14.3. The van der Waals surface area contributed by atoms with Crippen LogP contribution in [0.4, 0.5) is 5.13 Å². The first-order valence-electron chi connectivity index (χ1n) is 6.81. The molecule has 0 bridgehead atoms. The number of rotatable bonds is 9. The van der Waals surface area contributed by atoms with Gasteiger partial charge in [0.05, 0.1) is 0 Å². The fourth-order valence-electron chi connectivity index (χ4n) is 2.19. The number of hydrogen-bond donors (Lipinski definition) is 1. The molecule has 0 aromatic carbocycles. The minimum Gasteiger partial charge on any atom is -0.353 e. The van der Waals surface area contributed by atoms with Crippen molar-refractivity contribution in [3.63, 3.8) is 0 Å². The van der Waals surface area contributed by atoms with Crippen LogP contribution in [0.1, 0.15) is 39.5 Å². The van der Waals surface area contributed by atoms with Crippen LogP contribution in [0.15, 0.2) is 4.34 Å². The van der Waals surface area contributed by atoms with E-state index in [1.807, 2.05) is 30.8 Å². The topological polar surface area (TPSA) is 29.0 Å². The number of hydrogen-bond acceptors (Lipinski definition) is 6. The smallest absolute Gasteiger partial charge is 0.208 e. The van der Waals surface area contributed by atoms with E-state index < -0.39 is 0 Å². The van der Waals surface area contributed by atoms with Crippen LogP contribution < -0.4 is 4.90 Å². The van der Waals surface area contributed by atoms with Crippen molar-refractivity contribution in [2.24, 2.45) is 5.41 Å². The maximum absolute atomic E-state index is 4.60. The standard InChI is InChI=1S/C13H25N3S3/c1-5-7-13(9-17,8-6-2)10-18-12-15-14-11(19-12)16(3)4/h17H,5-10H2,1-4H3. The number of thiol groups is 1. The Labute approximate surface area is 131 Å². The van der Waals surface area contributed by atoms with E-state index in [1.54, 1.807) is 11.3 Å². The lowest BCUT2D eigenvalue weighted by Crippen LogP contribution is -2.25. The molecule has 3 nitrogen and oxygen atoms in total. The summed E-state index contributed by atoms with van der Waals surface area (Å²) < 4.78 is 1.07. The van der Waals surface area contributed by atoms with Crippen molar-refractivity contribution < 1.29 is 0 Å². The van der Waals surface area contributed by atoms with Gasteiger partial charge in [-0.2, -0.15) is 12.6 Å². The molecule has 19 heavy (non-hydrogen) atoms. The number of thioether (sulfide) groups is 1. The predicted molar refractivity (Wildman–Crippen MR) is 91.1 cm³/mol. The van der Waals surface area contributed by atoms with Crippen molar-refractivity contribution in [2.75, 3.05) is 30.5 Å². The van der Waals surface area contributed by atoms with Crippen molar-refractivity contribution in [3.05, 3.63) is 0 Å². The van der Waals surface area contributed by atoms with Gasteiger partial charge in [-0.15, -0.1) is 10.2 Å².